The predicted molar refractivity (Wildman–Crippen MR) is 65.2 cm³/mol. The van der Waals surface area contributed by atoms with Gasteiger partial charge in [0.1, 0.15) is 0 Å². The molecule has 0 unspecified atom stereocenters. The van der Waals surface area contributed by atoms with Crippen LogP contribution in [0.25, 0.3) is 0 Å². The Morgan fingerprint density at radius 1 is 1.07 bits per heavy atom. The fourth-order valence-electron chi connectivity index (χ4n) is 1.10. The second-order valence-electron chi connectivity index (χ2n) is 5.60. The molecule has 0 aromatic heterocycles. The summed E-state index contributed by atoms with van der Waals surface area (Å²) in [5, 5.41) is 0. The van der Waals surface area contributed by atoms with Gasteiger partial charge in [-0.05, 0) is 34.1 Å². The summed E-state index contributed by atoms with van der Waals surface area (Å²) in [6, 6.07) is 0. The molecule has 0 bridgehead atoms. The zero-order valence-electron chi connectivity index (χ0n) is 11.5. The molecule has 2 nitrogen and oxygen atoms in total. The molecule has 0 rings (SSSR count). The fourth-order valence-corrected chi connectivity index (χ4v) is 1.10. The molecular weight excluding hydrogens is 188 g/mol. The molecule has 15 heavy (non-hydrogen) atoms. The molecule has 0 saturated carbocycles. The summed E-state index contributed by atoms with van der Waals surface area (Å²) < 4.78 is 11.6. The Bertz CT molecular complexity index is 171. The van der Waals surface area contributed by atoms with Crippen LogP contribution in [0.3, 0.4) is 0 Å². The third kappa shape index (κ3) is 4.98. The first-order valence-electron chi connectivity index (χ1n) is 5.98. The van der Waals surface area contributed by atoms with Gasteiger partial charge in [-0.3, -0.25) is 0 Å². The van der Waals surface area contributed by atoms with Crippen LogP contribution in [0.2, 0.25) is 0 Å². The Balaban J connectivity index is 4.26. The molecule has 0 amide bonds. The smallest absolute Gasteiger partial charge is 0.0699 e. The molecule has 0 fully saturated rings. The Morgan fingerprint density at radius 2 is 1.60 bits per heavy atom. The van der Waals surface area contributed by atoms with Crippen LogP contribution in [0.5, 0.6) is 0 Å². The first-order valence-corrected chi connectivity index (χ1v) is 5.98. The molecule has 0 N–H and O–H groups in total. The molecular formula is C13H28O2. The number of ether oxygens (including phenoxy) is 2. The summed E-state index contributed by atoms with van der Waals surface area (Å²) in [6.45, 7) is 16.5. The first kappa shape index (κ1) is 14.9. The van der Waals surface area contributed by atoms with Crippen LogP contribution in [0.1, 0.15) is 54.9 Å². The highest BCUT2D eigenvalue weighted by Gasteiger charge is 2.38. The first-order chi connectivity index (χ1) is 6.73. The lowest BCUT2D eigenvalue weighted by Gasteiger charge is -2.41. The minimum Gasteiger partial charge on any atom is -0.378 e. The average Bonchev–Trinajstić information content (AvgIpc) is 2.11. The molecule has 0 aliphatic rings. The normalized spacial score (nSPS) is 13.6. The molecule has 0 aromatic carbocycles. The Labute approximate surface area is 95.3 Å². The molecule has 92 valence electrons. The zero-order valence-corrected chi connectivity index (χ0v) is 11.5. The Kier molecular flexibility index (Phi) is 5.82. The maximum Gasteiger partial charge on any atom is 0.0699 e. The van der Waals surface area contributed by atoms with Crippen LogP contribution >= 0.6 is 0 Å². The lowest BCUT2D eigenvalue weighted by molar-refractivity contribution is -0.131. The largest absolute Gasteiger partial charge is 0.378 e. The van der Waals surface area contributed by atoms with Crippen LogP contribution in [-0.2, 0) is 9.47 Å². The van der Waals surface area contributed by atoms with Crippen LogP contribution in [0, 0.1) is 5.41 Å². The van der Waals surface area contributed by atoms with Gasteiger partial charge in [-0.25, -0.2) is 0 Å². The summed E-state index contributed by atoms with van der Waals surface area (Å²) in [7, 11) is 0. The Morgan fingerprint density at radius 3 is 2.00 bits per heavy atom. The van der Waals surface area contributed by atoms with Crippen molar-refractivity contribution in [2.75, 3.05) is 13.2 Å². The van der Waals surface area contributed by atoms with Crippen molar-refractivity contribution in [3.05, 3.63) is 0 Å². The SMILES string of the molecule is CCCOC(C)(C)C(C)(C)COC(C)C. The van der Waals surface area contributed by atoms with Gasteiger partial charge in [-0.15, -0.1) is 0 Å². The molecule has 0 aliphatic heterocycles. The average molecular weight is 216 g/mol. The fraction of sp³-hybridized carbons (Fsp3) is 1.00. The summed E-state index contributed by atoms with van der Waals surface area (Å²) >= 11 is 0. The van der Waals surface area contributed by atoms with Gasteiger partial charge in [0.25, 0.3) is 0 Å². The second-order valence-corrected chi connectivity index (χ2v) is 5.60. The highest BCUT2D eigenvalue weighted by molar-refractivity contribution is 4.87. The third-order valence-corrected chi connectivity index (χ3v) is 3.07. The van der Waals surface area contributed by atoms with E-state index in [1.165, 1.54) is 0 Å². The van der Waals surface area contributed by atoms with E-state index in [1.807, 2.05) is 0 Å². The summed E-state index contributed by atoms with van der Waals surface area (Å²) in [5.41, 5.74) is -0.107. The van der Waals surface area contributed by atoms with E-state index in [-0.39, 0.29) is 17.1 Å². The van der Waals surface area contributed by atoms with E-state index in [9.17, 15) is 0 Å². The summed E-state index contributed by atoms with van der Waals surface area (Å²) in [4.78, 5) is 0. The van der Waals surface area contributed by atoms with Gasteiger partial charge in [-0.2, -0.15) is 0 Å². The highest BCUT2D eigenvalue weighted by atomic mass is 16.5. The molecule has 0 spiro atoms. The van der Waals surface area contributed by atoms with Gasteiger partial charge in [0.05, 0.1) is 18.3 Å². The van der Waals surface area contributed by atoms with Crippen LogP contribution < -0.4 is 0 Å². The molecule has 0 aromatic rings. The van der Waals surface area contributed by atoms with Crippen molar-refractivity contribution in [1.82, 2.24) is 0 Å². The maximum atomic E-state index is 5.90. The van der Waals surface area contributed by atoms with Gasteiger partial charge in [-0.1, -0.05) is 20.8 Å². The van der Waals surface area contributed by atoms with Crippen LogP contribution in [0.15, 0.2) is 0 Å². The molecule has 2 heteroatoms. The zero-order chi connectivity index (χ0) is 12.1. The lowest BCUT2D eigenvalue weighted by Crippen LogP contribution is -2.45. The molecule has 0 heterocycles. The molecule has 0 aliphatic carbocycles. The third-order valence-electron chi connectivity index (χ3n) is 3.07. The minimum atomic E-state index is -0.141. The standard InChI is InChI=1S/C13H28O2/c1-8-9-15-13(6,7)12(4,5)10-14-11(2)3/h11H,8-10H2,1-7H3. The van der Waals surface area contributed by atoms with Crippen molar-refractivity contribution in [2.45, 2.75) is 66.6 Å². The van der Waals surface area contributed by atoms with E-state index in [4.69, 9.17) is 9.47 Å². The van der Waals surface area contributed by atoms with Crippen molar-refractivity contribution < 1.29 is 9.47 Å². The van der Waals surface area contributed by atoms with E-state index in [0.29, 0.717) is 0 Å². The van der Waals surface area contributed by atoms with Gasteiger partial charge in [0, 0.05) is 12.0 Å². The molecule has 0 radical (unpaired) electrons. The van der Waals surface area contributed by atoms with Crippen LogP contribution in [0.4, 0.5) is 0 Å². The van der Waals surface area contributed by atoms with Crippen molar-refractivity contribution in [3.63, 3.8) is 0 Å². The van der Waals surface area contributed by atoms with E-state index in [1.54, 1.807) is 0 Å². The quantitative estimate of drug-likeness (QED) is 0.647. The molecule has 0 saturated heterocycles. The van der Waals surface area contributed by atoms with Gasteiger partial charge < -0.3 is 9.47 Å². The van der Waals surface area contributed by atoms with Gasteiger partial charge in [0.15, 0.2) is 0 Å². The second kappa shape index (κ2) is 5.86. The summed E-state index contributed by atoms with van der Waals surface area (Å²) in [5.74, 6) is 0. The maximum absolute atomic E-state index is 5.90. The van der Waals surface area contributed by atoms with Gasteiger partial charge >= 0.3 is 0 Å². The highest BCUT2D eigenvalue weighted by Crippen LogP contribution is 2.34. The van der Waals surface area contributed by atoms with E-state index in [0.717, 1.165) is 19.6 Å². The van der Waals surface area contributed by atoms with Crippen LogP contribution in [-0.4, -0.2) is 24.9 Å². The number of hydrogen-bond donors (Lipinski definition) is 0. The van der Waals surface area contributed by atoms with Crippen molar-refractivity contribution >= 4 is 0 Å². The summed E-state index contributed by atoms with van der Waals surface area (Å²) in [6.07, 6.45) is 1.34. The van der Waals surface area contributed by atoms with Crippen molar-refractivity contribution in [2.24, 2.45) is 5.41 Å². The molecule has 0 atom stereocenters. The Hall–Kier alpha value is -0.0800. The minimum absolute atomic E-state index is 0.0342. The van der Waals surface area contributed by atoms with Gasteiger partial charge in [0.2, 0.25) is 0 Å². The lowest BCUT2D eigenvalue weighted by atomic mass is 9.77. The van der Waals surface area contributed by atoms with E-state index < -0.39 is 0 Å². The van der Waals surface area contributed by atoms with Crippen molar-refractivity contribution in [3.8, 4) is 0 Å². The van der Waals surface area contributed by atoms with E-state index >= 15 is 0 Å². The number of rotatable bonds is 7. The predicted octanol–water partition coefficient (Wildman–Crippen LogP) is 3.64. The number of hydrogen-bond acceptors (Lipinski definition) is 2. The monoisotopic (exact) mass is 216 g/mol. The topological polar surface area (TPSA) is 18.5 Å². The van der Waals surface area contributed by atoms with Crippen molar-refractivity contribution in [1.29, 1.82) is 0 Å². The van der Waals surface area contributed by atoms with E-state index in [2.05, 4.69) is 48.5 Å².